The minimum atomic E-state index is 0.00556. The molecule has 0 N–H and O–H groups in total. The van der Waals surface area contributed by atoms with E-state index in [1.165, 1.54) is 0 Å². The van der Waals surface area contributed by atoms with Crippen molar-refractivity contribution in [3.05, 3.63) is 34.3 Å². The highest BCUT2D eigenvalue weighted by Crippen LogP contribution is 2.18. The van der Waals surface area contributed by atoms with E-state index in [1.54, 1.807) is 11.0 Å². The van der Waals surface area contributed by atoms with Gasteiger partial charge in [-0.2, -0.15) is 0 Å². The second kappa shape index (κ2) is 7.65. The van der Waals surface area contributed by atoms with Gasteiger partial charge in [-0.3, -0.25) is 4.79 Å². The molecule has 100 valence electrons. The zero-order chi connectivity index (χ0) is 13.5. The third kappa shape index (κ3) is 4.18. The minimum absolute atomic E-state index is 0.00556. The second-order valence-electron chi connectivity index (χ2n) is 4.30. The Bertz CT molecular complexity index is 407. The lowest BCUT2D eigenvalue weighted by Crippen LogP contribution is -2.33. The number of amides is 1. The first-order chi connectivity index (χ1) is 8.60. The van der Waals surface area contributed by atoms with Crippen LogP contribution in [-0.4, -0.2) is 29.8 Å². The zero-order valence-electron chi connectivity index (χ0n) is 10.9. The molecule has 0 atom stereocenters. The van der Waals surface area contributed by atoms with Gasteiger partial charge in [0.05, 0.1) is 0 Å². The van der Waals surface area contributed by atoms with E-state index in [4.69, 9.17) is 23.2 Å². The number of hydrogen-bond donors (Lipinski definition) is 0. The van der Waals surface area contributed by atoms with Gasteiger partial charge >= 0.3 is 0 Å². The molecule has 1 aromatic carbocycles. The van der Waals surface area contributed by atoms with E-state index >= 15 is 0 Å². The first kappa shape index (κ1) is 15.3. The molecule has 0 aliphatic rings. The SMILES string of the molecule is CCCCN(CCCl)C(=O)c1ccc(C)c(Cl)c1. The Morgan fingerprint density at radius 1 is 1.33 bits per heavy atom. The van der Waals surface area contributed by atoms with Crippen molar-refractivity contribution in [3.8, 4) is 0 Å². The Kier molecular flexibility index (Phi) is 6.51. The van der Waals surface area contributed by atoms with E-state index in [2.05, 4.69) is 6.92 Å². The van der Waals surface area contributed by atoms with Gasteiger partial charge in [0.2, 0.25) is 0 Å². The van der Waals surface area contributed by atoms with Gasteiger partial charge in [-0.15, -0.1) is 11.6 Å². The van der Waals surface area contributed by atoms with Crippen molar-refractivity contribution in [2.24, 2.45) is 0 Å². The number of carbonyl (C=O) groups excluding carboxylic acids is 1. The maximum absolute atomic E-state index is 12.3. The van der Waals surface area contributed by atoms with Crippen molar-refractivity contribution in [2.45, 2.75) is 26.7 Å². The molecule has 0 unspecified atom stereocenters. The molecular weight excluding hydrogens is 269 g/mol. The van der Waals surface area contributed by atoms with Crippen LogP contribution in [0.15, 0.2) is 18.2 Å². The molecule has 1 amide bonds. The molecule has 1 aromatic rings. The smallest absolute Gasteiger partial charge is 0.253 e. The molecule has 0 aromatic heterocycles. The lowest BCUT2D eigenvalue weighted by Gasteiger charge is -2.21. The van der Waals surface area contributed by atoms with Gasteiger partial charge in [0.25, 0.3) is 5.91 Å². The van der Waals surface area contributed by atoms with Crippen LogP contribution in [0.4, 0.5) is 0 Å². The number of unbranched alkanes of at least 4 members (excludes halogenated alkanes) is 1. The highest BCUT2D eigenvalue weighted by Gasteiger charge is 2.15. The first-order valence-electron chi connectivity index (χ1n) is 6.21. The number of aryl methyl sites for hydroxylation is 1. The van der Waals surface area contributed by atoms with Crippen LogP contribution in [0.25, 0.3) is 0 Å². The van der Waals surface area contributed by atoms with Crippen molar-refractivity contribution in [1.82, 2.24) is 4.90 Å². The molecule has 0 aliphatic carbocycles. The predicted octanol–water partition coefficient (Wildman–Crippen LogP) is 4.13. The third-order valence-corrected chi connectivity index (χ3v) is 3.42. The van der Waals surface area contributed by atoms with Gasteiger partial charge in [0.1, 0.15) is 0 Å². The Balaban J connectivity index is 2.83. The summed E-state index contributed by atoms with van der Waals surface area (Å²) in [4.78, 5) is 14.1. The van der Waals surface area contributed by atoms with Gasteiger partial charge in [0, 0.05) is 29.6 Å². The first-order valence-corrected chi connectivity index (χ1v) is 7.12. The lowest BCUT2D eigenvalue weighted by atomic mass is 10.1. The zero-order valence-corrected chi connectivity index (χ0v) is 12.4. The molecule has 0 saturated heterocycles. The highest BCUT2D eigenvalue weighted by molar-refractivity contribution is 6.31. The van der Waals surface area contributed by atoms with Gasteiger partial charge in [0.15, 0.2) is 0 Å². The van der Waals surface area contributed by atoms with Gasteiger partial charge < -0.3 is 4.90 Å². The molecule has 2 nitrogen and oxygen atoms in total. The quantitative estimate of drug-likeness (QED) is 0.721. The van der Waals surface area contributed by atoms with E-state index in [0.29, 0.717) is 23.0 Å². The summed E-state index contributed by atoms with van der Waals surface area (Å²) < 4.78 is 0. The van der Waals surface area contributed by atoms with Crippen LogP contribution < -0.4 is 0 Å². The molecule has 0 saturated carbocycles. The predicted molar refractivity (Wildman–Crippen MR) is 77.7 cm³/mol. The Hall–Kier alpha value is -0.730. The van der Waals surface area contributed by atoms with Gasteiger partial charge in [-0.05, 0) is 31.0 Å². The van der Waals surface area contributed by atoms with Crippen LogP contribution in [0.3, 0.4) is 0 Å². The molecule has 18 heavy (non-hydrogen) atoms. The van der Waals surface area contributed by atoms with Crippen molar-refractivity contribution < 1.29 is 4.79 Å². The molecule has 0 bridgehead atoms. The number of rotatable bonds is 6. The number of nitrogens with zero attached hydrogens (tertiary/aromatic N) is 1. The summed E-state index contributed by atoms with van der Waals surface area (Å²) in [6.45, 7) is 5.34. The summed E-state index contributed by atoms with van der Waals surface area (Å²) in [5, 5.41) is 0.627. The summed E-state index contributed by atoms with van der Waals surface area (Å²) in [6.07, 6.45) is 2.04. The summed E-state index contributed by atoms with van der Waals surface area (Å²) in [6, 6.07) is 5.41. The number of alkyl halides is 1. The highest BCUT2D eigenvalue weighted by atomic mass is 35.5. The summed E-state index contributed by atoms with van der Waals surface area (Å²) in [7, 11) is 0. The number of carbonyl (C=O) groups is 1. The van der Waals surface area contributed by atoms with Gasteiger partial charge in [-0.1, -0.05) is 31.0 Å². The Morgan fingerprint density at radius 2 is 2.06 bits per heavy atom. The van der Waals surface area contributed by atoms with Crippen molar-refractivity contribution >= 4 is 29.1 Å². The lowest BCUT2D eigenvalue weighted by molar-refractivity contribution is 0.0763. The van der Waals surface area contributed by atoms with Crippen molar-refractivity contribution in [2.75, 3.05) is 19.0 Å². The van der Waals surface area contributed by atoms with Crippen molar-refractivity contribution in [1.29, 1.82) is 0 Å². The average molecular weight is 288 g/mol. The number of benzene rings is 1. The van der Waals surface area contributed by atoms with Crippen LogP contribution in [0.5, 0.6) is 0 Å². The fraction of sp³-hybridized carbons (Fsp3) is 0.500. The number of hydrogen-bond acceptors (Lipinski definition) is 1. The van der Waals surface area contributed by atoms with Crippen LogP contribution in [0.1, 0.15) is 35.7 Å². The molecule has 1 rings (SSSR count). The molecule has 0 fully saturated rings. The molecule has 0 heterocycles. The monoisotopic (exact) mass is 287 g/mol. The van der Waals surface area contributed by atoms with E-state index < -0.39 is 0 Å². The minimum Gasteiger partial charge on any atom is -0.337 e. The molecule has 0 radical (unpaired) electrons. The maximum atomic E-state index is 12.3. The fourth-order valence-corrected chi connectivity index (χ4v) is 2.06. The standard InChI is InChI=1S/C14H19Cl2NO/c1-3-4-8-17(9-7-15)14(18)12-6-5-11(2)13(16)10-12/h5-6,10H,3-4,7-9H2,1-2H3. The largest absolute Gasteiger partial charge is 0.337 e. The normalized spacial score (nSPS) is 10.4. The van der Waals surface area contributed by atoms with E-state index in [9.17, 15) is 4.79 Å². The molecule has 0 aliphatic heterocycles. The Morgan fingerprint density at radius 3 is 2.61 bits per heavy atom. The summed E-state index contributed by atoms with van der Waals surface area (Å²) in [5.41, 5.74) is 1.61. The fourth-order valence-electron chi connectivity index (χ4n) is 1.67. The van der Waals surface area contributed by atoms with Crippen LogP contribution in [-0.2, 0) is 0 Å². The van der Waals surface area contributed by atoms with E-state index in [-0.39, 0.29) is 5.91 Å². The van der Waals surface area contributed by atoms with Gasteiger partial charge in [-0.25, -0.2) is 0 Å². The van der Waals surface area contributed by atoms with Crippen LogP contribution in [0.2, 0.25) is 5.02 Å². The average Bonchev–Trinajstić information content (AvgIpc) is 2.37. The van der Waals surface area contributed by atoms with E-state index in [0.717, 1.165) is 24.9 Å². The summed E-state index contributed by atoms with van der Waals surface area (Å²) >= 11 is 11.8. The Labute approximate surface area is 119 Å². The van der Waals surface area contributed by atoms with Crippen LogP contribution in [0, 0.1) is 6.92 Å². The van der Waals surface area contributed by atoms with E-state index in [1.807, 2.05) is 19.1 Å². The summed E-state index contributed by atoms with van der Waals surface area (Å²) in [5.74, 6) is 0.459. The molecule has 0 spiro atoms. The second-order valence-corrected chi connectivity index (χ2v) is 5.08. The maximum Gasteiger partial charge on any atom is 0.253 e. The van der Waals surface area contributed by atoms with Crippen molar-refractivity contribution in [3.63, 3.8) is 0 Å². The third-order valence-electron chi connectivity index (χ3n) is 2.84. The number of halogens is 2. The van der Waals surface area contributed by atoms with Crippen LogP contribution >= 0.6 is 23.2 Å². The molecular formula is C14H19Cl2NO. The molecule has 4 heteroatoms. The topological polar surface area (TPSA) is 20.3 Å².